The summed E-state index contributed by atoms with van der Waals surface area (Å²) in [4.78, 5) is 14.3. The highest BCUT2D eigenvalue weighted by Crippen LogP contribution is 2.41. The lowest BCUT2D eigenvalue weighted by atomic mass is 10.2. The number of aryl methyl sites for hydroxylation is 1. The Morgan fingerprint density at radius 1 is 1.21 bits per heavy atom. The molecule has 4 aromatic heterocycles. The van der Waals surface area contributed by atoms with E-state index in [0.717, 1.165) is 53.9 Å². The minimum Gasteiger partial charge on any atom is -0.379 e. The van der Waals surface area contributed by atoms with Crippen molar-refractivity contribution < 1.29 is 4.74 Å². The van der Waals surface area contributed by atoms with E-state index in [0.29, 0.717) is 5.16 Å². The fourth-order valence-electron chi connectivity index (χ4n) is 3.06. The largest absolute Gasteiger partial charge is 0.379 e. The molecule has 0 radical (unpaired) electrons. The highest BCUT2D eigenvalue weighted by molar-refractivity contribution is 7.99. The lowest BCUT2D eigenvalue weighted by molar-refractivity contribution is 0.0330. The SMILES string of the molecule is Cn1nnnc1Sc1nc(CN2CCOCC2)nc2scc(-c3cccs3)c12. The second-order valence-electron chi connectivity index (χ2n) is 6.33. The first-order valence-electron chi connectivity index (χ1n) is 8.80. The van der Waals surface area contributed by atoms with E-state index in [2.05, 4.69) is 43.3 Å². The summed E-state index contributed by atoms with van der Waals surface area (Å²) in [7, 11) is 1.84. The summed E-state index contributed by atoms with van der Waals surface area (Å²) in [6, 6.07) is 4.20. The lowest BCUT2D eigenvalue weighted by Gasteiger charge is -2.25. The highest BCUT2D eigenvalue weighted by Gasteiger charge is 2.20. The van der Waals surface area contributed by atoms with Crippen LogP contribution in [0.15, 0.2) is 33.1 Å². The standard InChI is InChI=1S/C17H17N7OS3/c1-23-17(20-21-22-23)28-16-14-11(12-3-2-8-26-12)10-27-15(14)18-13(19-16)9-24-4-6-25-7-5-24/h2-3,8,10H,4-7,9H2,1H3. The van der Waals surface area contributed by atoms with Gasteiger partial charge in [0.05, 0.1) is 25.1 Å². The Morgan fingerprint density at radius 2 is 2.11 bits per heavy atom. The van der Waals surface area contributed by atoms with E-state index in [1.54, 1.807) is 27.4 Å². The smallest absolute Gasteiger partial charge is 0.215 e. The summed E-state index contributed by atoms with van der Waals surface area (Å²) >= 11 is 4.87. The van der Waals surface area contributed by atoms with Crippen molar-refractivity contribution in [2.75, 3.05) is 26.3 Å². The molecule has 0 aromatic carbocycles. The van der Waals surface area contributed by atoms with Gasteiger partial charge in [-0.3, -0.25) is 4.90 Å². The van der Waals surface area contributed by atoms with Gasteiger partial charge < -0.3 is 4.74 Å². The van der Waals surface area contributed by atoms with Gasteiger partial charge in [-0.05, 0) is 33.6 Å². The van der Waals surface area contributed by atoms with Gasteiger partial charge in [-0.25, -0.2) is 14.6 Å². The third-order valence-electron chi connectivity index (χ3n) is 4.47. The summed E-state index contributed by atoms with van der Waals surface area (Å²) in [6.45, 7) is 4.05. The molecule has 8 nitrogen and oxygen atoms in total. The number of fused-ring (bicyclic) bond motifs is 1. The Kier molecular flexibility index (Phi) is 5.07. The fourth-order valence-corrected chi connectivity index (χ4v) is 5.79. The highest BCUT2D eigenvalue weighted by atomic mass is 32.2. The van der Waals surface area contributed by atoms with Gasteiger partial charge in [0, 0.05) is 36.0 Å². The molecule has 0 bridgehead atoms. The van der Waals surface area contributed by atoms with Crippen LogP contribution in [0.3, 0.4) is 0 Å². The molecular weight excluding hydrogens is 414 g/mol. The van der Waals surface area contributed by atoms with Gasteiger partial charge in [0.25, 0.3) is 0 Å². The van der Waals surface area contributed by atoms with E-state index in [4.69, 9.17) is 14.7 Å². The average Bonchev–Trinajstić information content (AvgIpc) is 3.44. The van der Waals surface area contributed by atoms with Crippen LogP contribution in [0.1, 0.15) is 5.82 Å². The van der Waals surface area contributed by atoms with Crippen LogP contribution in [0.2, 0.25) is 0 Å². The molecule has 28 heavy (non-hydrogen) atoms. The average molecular weight is 432 g/mol. The van der Waals surface area contributed by atoms with Crippen molar-refractivity contribution in [3.05, 3.63) is 28.7 Å². The normalized spacial score (nSPS) is 15.5. The Labute approximate surface area is 173 Å². The first kappa shape index (κ1) is 18.1. The maximum Gasteiger partial charge on any atom is 0.215 e. The molecule has 144 valence electrons. The van der Waals surface area contributed by atoms with Crippen LogP contribution >= 0.6 is 34.4 Å². The summed E-state index contributed by atoms with van der Waals surface area (Å²) in [5, 5.41) is 18.8. The molecule has 5 heterocycles. The van der Waals surface area contributed by atoms with Crippen molar-refractivity contribution >= 4 is 44.7 Å². The zero-order valence-corrected chi connectivity index (χ0v) is 17.6. The van der Waals surface area contributed by atoms with Gasteiger partial charge in [0.2, 0.25) is 5.16 Å². The number of morpholine rings is 1. The van der Waals surface area contributed by atoms with Crippen LogP contribution in [0, 0.1) is 0 Å². The Hall–Kier alpha value is -1.92. The minimum absolute atomic E-state index is 0.709. The van der Waals surface area contributed by atoms with Crippen molar-refractivity contribution in [3.8, 4) is 10.4 Å². The lowest BCUT2D eigenvalue weighted by Crippen LogP contribution is -2.36. The predicted octanol–water partition coefficient (Wildman–Crippen LogP) is 2.93. The second-order valence-corrected chi connectivity index (χ2v) is 9.09. The number of hydrogen-bond acceptors (Lipinski definition) is 10. The van der Waals surface area contributed by atoms with Crippen LogP contribution in [0.5, 0.6) is 0 Å². The third-order valence-corrected chi connectivity index (χ3v) is 7.26. The summed E-state index contributed by atoms with van der Waals surface area (Å²) in [5.41, 5.74) is 1.17. The van der Waals surface area contributed by atoms with Gasteiger partial charge >= 0.3 is 0 Å². The molecule has 0 saturated carbocycles. The maximum absolute atomic E-state index is 5.45. The molecule has 1 aliphatic heterocycles. The van der Waals surface area contributed by atoms with E-state index < -0.39 is 0 Å². The monoisotopic (exact) mass is 431 g/mol. The molecule has 5 rings (SSSR count). The van der Waals surface area contributed by atoms with Gasteiger partial charge in [0.15, 0.2) is 0 Å². The van der Waals surface area contributed by atoms with E-state index >= 15 is 0 Å². The van der Waals surface area contributed by atoms with Crippen LogP contribution in [0.4, 0.5) is 0 Å². The van der Waals surface area contributed by atoms with E-state index in [-0.39, 0.29) is 0 Å². The van der Waals surface area contributed by atoms with Crippen LogP contribution < -0.4 is 0 Å². The molecule has 1 aliphatic rings. The molecule has 11 heteroatoms. The van der Waals surface area contributed by atoms with Crippen molar-refractivity contribution in [2.24, 2.45) is 7.05 Å². The van der Waals surface area contributed by atoms with Crippen LogP contribution in [-0.2, 0) is 18.3 Å². The Morgan fingerprint density at radius 3 is 2.86 bits per heavy atom. The van der Waals surface area contributed by atoms with E-state index in [1.807, 2.05) is 7.05 Å². The number of rotatable bonds is 5. The zero-order chi connectivity index (χ0) is 18.9. The summed E-state index contributed by atoms with van der Waals surface area (Å²) < 4.78 is 7.12. The molecule has 0 spiro atoms. The summed E-state index contributed by atoms with van der Waals surface area (Å²) in [6.07, 6.45) is 0. The quantitative estimate of drug-likeness (QED) is 0.446. The number of thiophene rings is 2. The van der Waals surface area contributed by atoms with E-state index in [9.17, 15) is 0 Å². The molecule has 1 saturated heterocycles. The van der Waals surface area contributed by atoms with Crippen molar-refractivity contribution in [1.29, 1.82) is 0 Å². The number of ether oxygens (including phenoxy) is 1. The number of aromatic nitrogens is 6. The molecule has 0 amide bonds. The number of tetrazole rings is 1. The third kappa shape index (κ3) is 3.55. The Bertz CT molecular complexity index is 1090. The van der Waals surface area contributed by atoms with Gasteiger partial charge in [-0.2, -0.15) is 0 Å². The van der Waals surface area contributed by atoms with Crippen molar-refractivity contribution in [3.63, 3.8) is 0 Å². The Balaban J connectivity index is 1.58. The molecule has 0 aliphatic carbocycles. The zero-order valence-electron chi connectivity index (χ0n) is 15.1. The topological polar surface area (TPSA) is 81.9 Å². The first-order valence-corrected chi connectivity index (χ1v) is 11.4. The molecular formula is C17H17N7OS3. The molecule has 1 fully saturated rings. The summed E-state index contributed by atoms with van der Waals surface area (Å²) in [5.74, 6) is 0.826. The van der Waals surface area contributed by atoms with Gasteiger partial charge in [0.1, 0.15) is 15.7 Å². The molecule has 4 aromatic rings. The van der Waals surface area contributed by atoms with Gasteiger partial charge in [-0.1, -0.05) is 6.07 Å². The number of nitrogens with zero attached hydrogens (tertiary/aromatic N) is 7. The fraction of sp³-hybridized carbons (Fsp3) is 0.353. The van der Waals surface area contributed by atoms with Crippen LogP contribution in [0.25, 0.3) is 20.7 Å². The van der Waals surface area contributed by atoms with Crippen molar-refractivity contribution in [2.45, 2.75) is 16.7 Å². The second kappa shape index (κ2) is 7.84. The van der Waals surface area contributed by atoms with E-state index in [1.165, 1.54) is 22.2 Å². The van der Waals surface area contributed by atoms with Crippen LogP contribution in [-0.4, -0.2) is 61.4 Å². The van der Waals surface area contributed by atoms with Gasteiger partial charge in [-0.15, -0.1) is 27.8 Å². The number of hydrogen-bond donors (Lipinski definition) is 0. The maximum atomic E-state index is 5.45. The molecule has 0 unspecified atom stereocenters. The molecule has 0 N–H and O–H groups in total. The molecule has 0 atom stereocenters. The predicted molar refractivity (Wildman–Crippen MR) is 110 cm³/mol. The first-order chi connectivity index (χ1) is 13.8. The van der Waals surface area contributed by atoms with Crippen molar-refractivity contribution in [1.82, 2.24) is 35.1 Å². The minimum atomic E-state index is 0.709.